The predicted molar refractivity (Wildman–Crippen MR) is 205 cm³/mol. The molecule has 0 heterocycles. The van der Waals surface area contributed by atoms with Crippen LogP contribution in [-0.4, -0.2) is 70.2 Å². The number of carboxylic acid groups (broad SMARTS) is 1. The number of primary amides is 1. The van der Waals surface area contributed by atoms with Gasteiger partial charge in [-0.2, -0.15) is 0 Å². The second-order valence-corrected chi connectivity index (χ2v) is 13.4. The molecule has 292 valence electrons. The summed E-state index contributed by atoms with van der Waals surface area (Å²) < 4.78 is 10.2. The average molecular weight is 767 g/mol. The van der Waals surface area contributed by atoms with Crippen LogP contribution in [0.1, 0.15) is 49.3 Å². The summed E-state index contributed by atoms with van der Waals surface area (Å²) in [4.78, 5) is 75.4. The van der Waals surface area contributed by atoms with Crippen LogP contribution in [0.15, 0.2) is 97.1 Å². The first kappa shape index (κ1) is 40.2. The van der Waals surface area contributed by atoms with E-state index in [4.69, 9.17) is 15.2 Å². The smallest absolute Gasteiger partial charge is 0.465 e. The van der Waals surface area contributed by atoms with Crippen LogP contribution in [0.4, 0.5) is 25.8 Å². The van der Waals surface area contributed by atoms with Crippen molar-refractivity contribution in [2.45, 2.75) is 51.3 Å². The monoisotopic (exact) mass is 766 g/mol. The van der Waals surface area contributed by atoms with Gasteiger partial charge in [-0.1, -0.05) is 74.5 Å². The fourth-order valence-corrected chi connectivity index (χ4v) is 6.63. The van der Waals surface area contributed by atoms with Gasteiger partial charge in [-0.25, -0.2) is 14.4 Å². The van der Waals surface area contributed by atoms with Crippen molar-refractivity contribution in [3.8, 4) is 16.9 Å². The van der Waals surface area contributed by atoms with Gasteiger partial charge in [0, 0.05) is 36.8 Å². The summed E-state index contributed by atoms with van der Waals surface area (Å²) in [5.41, 5.74) is 9.87. The number of rotatable bonds is 16. The lowest BCUT2D eigenvalue weighted by atomic mass is 9.93. The highest BCUT2D eigenvalue weighted by atomic mass is 16.7. The standard InChI is InChI=1S/C40H42N6O10/c1-24(2)35(45(39(50)51)22-33-31-10-5-3-8-29(31)30-9-4-6-11-32(30)33)37(48)44-34(12-7-21-42-38(41)49)36(47)43-26-15-13-25(14-16-26)23-55-40(52)56-28-19-17-27(18-20-28)46(53)54/h3-6,8-11,13-20,24,33-35H,7,12,21-23H2,1-2H3,(H,43,47)(H,44,48)(H,50,51)(H3,41,42,49). The third-order valence-electron chi connectivity index (χ3n) is 9.25. The number of non-ortho nitro benzene ring substituents is 1. The van der Waals surface area contributed by atoms with Crippen molar-refractivity contribution in [2.75, 3.05) is 18.4 Å². The first-order chi connectivity index (χ1) is 26.8. The third kappa shape index (κ3) is 10.2. The molecule has 56 heavy (non-hydrogen) atoms. The van der Waals surface area contributed by atoms with Gasteiger partial charge >= 0.3 is 18.3 Å². The fourth-order valence-electron chi connectivity index (χ4n) is 6.63. The molecule has 0 saturated carbocycles. The van der Waals surface area contributed by atoms with E-state index >= 15 is 0 Å². The topological polar surface area (TPSA) is 233 Å². The van der Waals surface area contributed by atoms with E-state index in [1.807, 2.05) is 48.5 Å². The molecule has 0 aromatic heterocycles. The van der Waals surface area contributed by atoms with Crippen LogP contribution in [-0.2, 0) is 20.9 Å². The molecular formula is C40H42N6O10. The molecule has 4 aromatic carbocycles. The van der Waals surface area contributed by atoms with Crippen molar-refractivity contribution in [1.82, 2.24) is 15.5 Å². The molecule has 0 spiro atoms. The number of nitro benzene ring substituents is 1. The van der Waals surface area contributed by atoms with Gasteiger partial charge in [0.1, 0.15) is 24.4 Å². The Morgan fingerprint density at radius 1 is 0.875 bits per heavy atom. The molecule has 0 radical (unpaired) electrons. The summed E-state index contributed by atoms with van der Waals surface area (Å²) in [6.45, 7) is 3.43. The maximum absolute atomic E-state index is 14.1. The van der Waals surface area contributed by atoms with E-state index in [1.165, 1.54) is 24.3 Å². The second-order valence-electron chi connectivity index (χ2n) is 13.4. The molecule has 0 fully saturated rings. The Kier molecular flexibility index (Phi) is 13.2. The molecule has 2 atom stereocenters. The first-order valence-electron chi connectivity index (χ1n) is 17.8. The van der Waals surface area contributed by atoms with Gasteiger partial charge < -0.3 is 36.3 Å². The number of nitrogens with zero attached hydrogens (tertiary/aromatic N) is 2. The molecule has 0 bridgehead atoms. The van der Waals surface area contributed by atoms with Crippen molar-refractivity contribution >= 4 is 41.5 Å². The molecule has 0 aliphatic heterocycles. The van der Waals surface area contributed by atoms with Crippen LogP contribution >= 0.6 is 0 Å². The van der Waals surface area contributed by atoms with Gasteiger partial charge in [-0.05, 0) is 70.8 Å². The lowest BCUT2D eigenvalue weighted by Gasteiger charge is -2.34. The number of urea groups is 1. The number of amides is 5. The van der Waals surface area contributed by atoms with Gasteiger partial charge in [0.05, 0.1) is 4.92 Å². The van der Waals surface area contributed by atoms with Crippen LogP contribution in [0.25, 0.3) is 11.1 Å². The Hall–Kier alpha value is -6.97. The van der Waals surface area contributed by atoms with E-state index in [9.17, 15) is 39.2 Å². The Morgan fingerprint density at radius 3 is 2.04 bits per heavy atom. The van der Waals surface area contributed by atoms with E-state index in [0.717, 1.165) is 27.2 Å². The molecule has 2 unspecified atom stereocenters. The SMILES string of the molecule is CC(C)C(C(=O)NC(CCCNC(N)=O)C(=O)Nc1ccc(COC(=O)Oc2ccc([N+](=O)[O-])cc2)cc1)N(CC1c2ccccc2-c2ccccc21)C(=O)O. The predicted octanol–water partition coefficient (Wildman–Crippen LogP) is 6.00. The molecule has 16 heteroatoms. The lowest BCUT2D eigenvalue weighted by molar-refractivity contribution is -0.384. The minimum atomic E-state index is -1.28. The Morgan fingerprint density at radius 2 is 1.48 bits per heavy atom. The molecule has 0 saturated heterocycles. The highest BCUT2D eigenvalue weighted by Gasteiger charge is 2.38. The Labute approximate surface area is 322 Å². The van der Waals surface area contributed by atoms with Gasteiger partial charge in [0.15, 0.2) is 0 Å². The van der Waals surface area contributed by atoms with Crippen LogP contribution in [0, 0.1) is 16.0 Å². The number of benzene rings is 4. The lowest BCUT2D eigenvalue weighted by Crippen LogP contribution is -2.56. The van der Waals surface area contributed by atoms with Crippen molar-refractivity contribution in [3.05, 3.63) is 124 Å². The van der Waals surface area contributed by atoms with Crippen molar-refractivity contribution in [3.63, 3.8) is 0 Å². The number of nitro groups is 1. The Balaban J connectivity index is 1.25. The highest BCUT2D eigenvalue weighted by molar-refractivity contribution is 5.98. The van der Waals surface area contributed by atoms with Gasteiger partial charge in [-0.15, -0.1) is 0 Å². The summed E-state index contributed by atoms with van der Waals surface area (Å²) in [6.07, 6.45) is -1.96. The van der Waals surface area contributed by atoms with E-state index in [0.29, 0.717) is 11.3 Å². The summed E-state index contributed by atoms with van der Waals surface area (Å²) in [5, 5.41) is 29.3. The minimum absolute atomic E-state index is 0.00382. The van der Waals surface area contributed by atoms with Crippen molar-refractivity contribution in [2.24, 2.45) is 11.7 Å². The quantitative estimate of drug-likeness (QED) is 0.0293. The highest BCUT2D eigenvalue weighted by Crippen LogP contribution is 2.45. The number of nitrogens with one attached hydrogen (secondary N) is 3. The van der Waals surface area contributed by atoms with Crippen molar-refractivity contribution in [1.29, 1.82) is 0 Å². The summed E-state index contributed by atoms with van der Waals surface area (Å²) in [7, 11) is 0. The number of hydrogen-bond acceptors (Lipinski definition) is 9. The number of anilines is 1. The summed E-state index contributed by atoms with van der Waals surface area (Å²) in [5.74, 6) is -1.97. The zero-order valence-electron chi connectivity index (χ0n) is 30.7. The van der Waals surface area contributed by atoms with Crippen LogP contribution < -0.4 is 26.4 Å². The molecule has 16 nitrogen and oxygen atoms in total. The summed E-state index contributed by atoms with van der Waals surface area (Å²) >= 11 is 0. The number of nitrogens with two attached hydrogens (primary N) is 1. The number of carbonyl (C=O) groups is 5. The maximum atomic E-state index is 14.1. The normalized spacial score (nSPS) is 12.7. The zero-order chi connectivity index (χ0) is 40.4. The van der Waals surface area contributed by atoms with Crippen LogP contribution in [0.2, 0.25) is 0 Å². The first-order valence-corrected chi connectivity index (χ1v) is 17.8. The van der Waals surface area contributed by atoms with Crippen molar-refractivity contribution < 1.29 is 43.5 Å². The number of carbonyl (C=O) groups excluding carboxylic acids is 4. The largest absolute Gasteiger partial charge is 0.514 e. The molecule has 1 aliphatic carbocycles. The van der Waals surface area contributed by atoms with E-state index < -0.39 is 53.0 Å². The molecule has 5 amide bonds. The number of hydrogen-bond donors (Lipinski definition) is 5. The van der Waals surface area contributed by atoms with Crippen LogP contribution in [0.5, 0.6) is 5.75 Å². The second kappa shape index (κ2) is 18.4. The summed E-state index contributed by atoms with van der Waals surface area (Å²) in [6, 6.07) is 23.8. The minimum Gasteiger partial charge on any atom is -0.465 e. The molecular weight excluding hydrogens is 724 g/mol. The van der Waals surface area contributed by atoms with Crippen LogP contribution in [0.3, 0.4) is 0 Å². The number of fused-ring (bicyclic) bond motifs is 3. The maximum Gasteiger partial charge on any atom is 0.514 e. The zero-order valence-corrected chi connectivity index (χ0v) is 30.7. The molecule has 4 aromatic rings. The third-order valence-corrected chi connectivity index (χ3v) is 9.25. The molecule has 5 rings (SSSR count). The number of ether oxygens (including phenoxy) is 2. The average Bonchev–Trinajstić information content (AvgIpc) is 3.48. The fraction of sp³-hybridized carbons (Fsp3) is 0.275. The van der Waals surface area contributed by atoms with Gasteiger partial charge in [-0.3, -0.25) is 24.6 Å². The van der Waals surface area contributed by atoms with E-state index in [2.05, 4.69) is 16.0 Å². The molecule has 6 N–H and O–H groups in total. The molecule has 1 aliphatic rings. The Bertz CT molecular complexity index is 2030. The van der Waals surface area contributed by atoms with E-state index in [1.54, 1.807) is 38.1 Å². The van der Waals surface area contributed by atoms with Gasteiger partial charge in [0.25, 0.3) is 5.69 Å². The van der Waals surface area contributed by atoms with Gasteiger partial charge in [0.2, 0.25) is 11.8 Å². The van der Waals surface area contributed by atoms with E-state index in [-0.39, 0.29) is 49.9 Å².